The lowest BCUT2D eigenvalue weighted by molar-refractivity contribution is 2.50. The van der Waals surface area contributed by atoms with E-state index in [2.05, 4.69) is 0 Å². The summed E-state index contributed by atoms with van der Waals surface area (Å²) in [6.07, 6.45) is 0. The Morgan fingerprint density at radius 2 is 0.200 bits per heavy atom. The van der Waals surface area contributed by atoms with E-state index in [4.69, 9.17) is 0 Å². The molecule has 2 heteroatoms. The highest BCUT2D eigenvalue weighted by Crippen LogP contribution is 0.847. The van der Waals surface area contributed by atoms with Crippen molar-refractivity contribution in [2.45, 2.75) is 59.4 Å². The summed E-state index contributed by atoms with van der Waals surface area (Å²) in [4.78, 5) is 0. The van der Waals surface area contributed by atoms with Gasteiger partial charge in [-0.1, -0.05) is 59.4 Å². The van der Waals surface area contributed by atoms with Crippen LogP contribution in [0.1, 0.15) is 59.4 Å². The Bertz CT molecular complexity index is 7.22. The molecule has 0 rings (SSSR count). The zero-order valence-corrected chi connectivity index (χ0v) is 4.24. The molecular formula is C8H34Br2. The van der Waals surface area contributed by atoms with Gasteiger partial charge in [0.1, 0.15) is 0 Å². The van der Waals surface area contributed by atoms with E-state index in [0.717, 1.165) is 0 Å². The van der Waals surface area contributed by atoms with E-state index in [-0.39, 0.29) is 93.4 Å². The maximum atomic E-state index is 0. The van der Waals surface area contributed by atoms with Gasteiger partial charge in [0.2, 0.25) is 0 Å². The Labute approximate surface area is 93.4 Å². The first kappa shape index (κ1) is 1180. The van der Waals surface area contributed by atoms with Crippen LogP contribution in [0.25, 0.3) is 0 Å². The molecule has 0 nitrogen and oxygen atoms in total. The molecule has 0 N–H and O–H groups in total. The molecule has 0 atom stereocenters. The van der Waals surface area contributed by atoms with Crippen LogP contribution in [0.15, 0.2) is 0 Å². The molecule has 0 aromatic rings. The second kappa shape index (κ2) is 868. The van der Waals surface area contributed by atoms with E-state index >= 15 is 0 Å². The lowest BCUT2D eigenvalue weighted by Gasteiger charge is -0.115. The van der Waals surface area contributed by atoms with Gasteiger partial charge in [0, 0.05) is 0 Å². The van der Waals surface area contributed by atoms with E-state index < -0.39 is 0 Å². The summed E-state index contributed by atoms with van der Waals surface area (Å²) in [5.74, 6) is 0. The number of halogens is 2. The molecule has 0 aliphatic carbocycles. The fourth-order valence-corrected chi connectivity index (χ4v) is 0. The van der Waals surface area contributed by atoms with Gasteiger partial charge >= 0.3 is 0 Å². The average molecular weight is 290 g/mol. The minimum absolute atomic E-state index is 0. The zero-order chi connectivity index (χ0) is 0. The van der Waals surface area contributed by atoms with Crippen LogP contribution in [0.5, 0.6) is 0 Å². The Kier molecular flexibility index (Phi) is 102000. The van der Waals surface area contributed by atoms with E-state index in [1.165, 1.54) is 0 Å². The molecule has 0 aromatic heterocycles. The van der Waals surface area contributed by atoms with Crippen molar-refractivity contribution in [1.82, 2.24) is 0 Å². The topological polar surface area (TPSA) is 0 Å². The first-order chi connectivity index (χ1) is 0. The van der Waals surface area contributed by atoms with Gasteiger partial charge in [-0.05, 0) is 0 Å². The molecule has 80 valence electrons. The molecule has 0 radical (unpaired) electrons. The first-order valence-electron chi connectivity index (χ1n) is 0. The van der Waals surface area contributed by atoms with Crippen LogP contribution in [0.3, 0.4) is 0 Å². The fourth-order valence-electron chi connectivity index (χ4n) is 0. The molecule has 0 unspecified atom stereocenters. The molecule has 0 saturated heterocycles. The number of rotatable bonds is 0. The second-order valence-corrected chi connectivity index (χ2v) is 0. The summed E-state index contributed by atoms with van der Waals surface area (Å²) in [5, 5.41) is 0. The van der Waals surface area contributed by atoms with Crippen molar-refractivity contribution >= 4 is 34.0 Å². The lowest BCUT2D eigenvalue weighted by atomic mass is 12.0. The Morgan fingerprint density at radius 1 is 0.200 bits per heavy atom. The molecular weight excluding hydrogens is 256 g/mol. The van der Waals surface area contributed by atoms with Crippen molar-refractivity contribution in [3.05, 3.63) is 0 Å². The Balaban J connectivity index is 0. The standard InChI is InChI=1S/8CH4.2BrH/h8*1H4;2*1H. The minimum atomic E-state index is 0. The van der Waals surface area contributed by atoms with Crippen molar-refractivity contribution in [2.75, 3.05) is 0 Å². The van der Waals surface area contributed by atoms with Crippen molar-refractivity contribution in [1.29, 1.82) is 0 Å². The van der Waals surface area contributed by atoms with Crippen molar-refractivity contribution in [2.24, 2.45) is 0 Å². The zero-order valence-electron chi connectivity index (χ0n) is 0.816. The van der Waals surface area contributed by atoms with Crippen LogP contribution in [0, 0.1) is 0 Å². The van der Waals surface area contributed by atoms with Crippen LogP contribution in [-0.2, 0) is 0 Å². The minimum Gasteiger partial charge on any atom is -0.114 e. The summed E-state index contributed by atoms with van der Waals surface area (Å²) in [6, 6.07) is 0. The van der Waals surface area contributed by atoms with E-state index in [1.54, 1.807) is 0 Å². The summed E-state index contributed by atoms with van der Waals surface area (Å²) >= 11 is 0. The van der Waals surface area contributed by atoms with Gasteiger partial charge in [-0.2, -0.15) is 0 Å². The largest absolute Gasteiger partial charge is 0.114 e. The van der Waals surface area contributed by atoms with Crippen LogP contribution < -0.4 is 0 Å². The van der Waals surface area contributed by atoms with Crippen LogP contribution in [0.2, 0.25) is 0 Å². The number of hydrogen-bond donors (Lipinski definition) is 0. The molecule has 0 fully saturated rings. The van der Waals surface area contributed by atoms with Crippen LogP contribution in [0.4, 0.5) is 0 Å². The van der Waals surface area contributed by atoms with Crippen molar-refractivity contribution in [3.8, 4) is 0 Å². The van der Waals surface area contributed by atoms with Gasteiger partial charge in [-0.25, -0.2) is 0 Å². The predicted molar refractivity (Wildman–Crippen MR) is 74.5 cm³/mol. The summed E-state index contributed by atoms with van der Waals surface area (Å²) in [7, 11) is 0. The first-order valence-corrected chi connectivity index (χ1v) is 0. The second-order valence-electron chi connectivity index (χ2n) is 0. The maximum Gasteiger partial charge on any atom is -0.0776 e. The highest BCUT2D eigenvalue weighted by Gasteiger charge is -0.0702. The third-order valence-corrected chi connectivity index (χ3v) is 0. The van der Waals surface area contributed by atoms with Gasteiger partial charge in [0.15, 0.2) is 0 Å². The molecule has 0 spiro atoms. The molecule has 0 aliphatic rings. The highest BCUT2D eigenvalue weighted by molar-refractivity contribution is 8.93. The highest BCUT2D eigenvalue weighted by atomic mass is 79.9. The van der Waals surface area contributed by atoms with Crippen molar-refractivity contribution in [3.63, 3.8) is 0 Å². The third kappa shape index (κ3) is 616. The molecule has 0 aromatic carbocycles. The summed E-state index contributed by atoms with van der Waals surface area (Å²) in [6.45, 7) is 0. The lowest BCUT2D eigenvalue weighted by Crippen LogP contribution is 0.143. The van der Waals surface area contributed by atoms with Gasteiger partial charge in [-0.3, -0.25) is 0 Å². The maximum absolute atomic E-state index is 0. The van der Waals surface area contributed by atoms with Crippen molar-refractivity contribution < 1.29 is 0 Å². The van der Waals surface area contributed by atoms with Crippen LogP contribution >= 0.6 is 34.0 Å². The van der Waals surface area contributed by atoms with Gasteiger partial charge < -0.3 is 0 Å². The Morgan fingerprint density at radius 3 is 0.200 bits per heavy atom. The Hall–Kier alpha value is 0.960. The smallest absolute Gasteiger partial charge is 0.0776 e. The van der Waals surface area contributed by atoms with Gasteiger partial charge in [0.25, 0.3) is 0 Å². The normalized spacial score (nSPS) is 0. The number of hydrogen-bond acceptors (Lipinski definition) is 0. The van der Waals surface area contributed by atoms with E-state index in [9.17, 15) is 0 Å². The average Bonchev–Trinajstić information content (AvgIpc) is 0. The monoisotopic (exact) mass is 288 g/mol. The molecule has 0 aliphatic heterocycles. The summed E-state index contributed by atoms with van der Waals surface area (Å²) < 4.78 is 0. The van der Waals surface area contributed by atoms with Gasteiger partial charge in [-0.15, -0.1) is 34.0 Å². The summed E-state index contributed by atoms with van der Waals surface area (Å²) in [5.41, 5.74) is 0. The quantitative estimate of drug-likeness (QED) is 0.495. The molecule has 0 heterocycles. The van der Waals surface area contributed by atoms with Gasteiger partial charge in [0.05, 0.1) is 0 Å². The van der Waals surface area contributed by atoms with E-state index in [1.807, 2.05) is 0 Å². The molecule has 0 saturated carbocycles. The third-order valence-electron chi connectivity index (χ3n) is 0. The predicted octanol–water partition coefficient (Wildman–Crippen LogP) is 6.24. The molecule has 0 bridgehead atoms. The van der Waals surface area contributed by atoms with Crippen LogP contribution in [-0.4, -0.2) is 0 Å². The molecule has 10 heavy (non-hydrogen) atoms. The SMILES string of the molecule is Br.Br.C.C.C.C.C.C.C.C. The van der Waals surface area contributed by atoms with E-state index in [0.29, 0.717) is 0 Å². The molecule has 0 amide bonds. The fraction of sp³-hybridized carbons (Fsp3) is 1.00.